The van der Waals surface area contributed by atoms with Crippen molar-refractivity contribution in [1.29, 1.82) is 0 Å². The number of aromatic nitrogens is 2. The highest BCUT2D eigenvalue weighted by molar-refractivity contribution is 9.10. The summed E-state index contributed by atoms with van der Waals surface area (Å²) in [6.45, 7) is 1.95. The van der Waals surface area contributed by atoms with E-state index in [9.17, 15) is 4.79 Å². The maximum absolute atomic E-state index is 12.2. The summed E-state index contributed by atoms with van der Waals surface area (Å²) in [6.07, 6.45) is 0.659. The minimum absolute atomic E-state index is 0.0699. The molecule has 0 bridgehead atoms. The first-order chi connectivity index (χ1) is 12.5. The van der Waals surface area contributed by atoms with Crippen LogP contribution in [0.3, 0.4) is 0 Å². The van der Waals surface area contributed by atoms with Crippen molar-refractivity contribution in [3.8, 4) is 11.4 Å². The molecule has 1 atom stereocenters. The molecule has 1 aromatic heterocycles. The Morgan fingerprint density at radius 2 is 1.96 bits per heavy atom. The summed E-state index contributed by atoms with van der Waals surface area (Å²) in [5, 5.41) is 7.57. The van der Waals surface area contributed by atoms with E-state index in [1.54, 1.807) is 12.1 Å². The summed E-state index contributed by atoms with van der Waals surface area (Å²) >= 11 is 9.37. The first-order valence-corrected chi connectivity index (χ1v) is 9.32. The fourth-order valence-corrected chi connectivity index (χ4v) is 3.26. The van der Waals surface area contributed by atoms with Crippen LogP contribution in [0.5, 0.6) is 0 Å². The fourth-order valence-electron chi connectivity index (χ4n) is 2.51. The zero-order valence-electron chi connectivity index (χ0n) is 14.1. The van der Waals surface area contributed by atoms with Gasteiger partial charge in [0.05, 0.1) is 6.04 Å². The van der Waals surface area contributed by atoms with Gasteiger partial charge in [-0.3, -0.25) is 4.79 Å². The molecule has 1 unspecified atom stereocenters. The van der Waals surface area contributed by atoms with Crippen molar-refractivity contribution in [2.24, 2.45) is 0 Å². The van der Waals surface area contributed by atoms with Crippen LogP contribution in [0.4, 0.5) is 0 Å². The quantitative estimate of drug-likeness (QED) is 0.595. The standard InChI is InChI=1S/C19H17BrClN3O2/c1-12(15-4-2-3-5-16(15)20)22-17(25)10-11-18-23-19(24-26-18)13-6-8-14(21)9-7-13/h2-9,12H,10-11H2,1H3,(H,22,25). The second-order valence-corrected chi connectivity index (χ2v) is 7.12. The van der Waals surface area contributed by atoms with Gasteiger partial charge >= 0.3 is 0 Å². The molecule has 0 spiro atoms. The molecule has 0 saturated carbocycles. The van der Waals surface area contributed by atoms with E-state index >= 15 is 0 Å². The number of hydrogen-bond acceptors (Lipinski definition) is 4. The van der Waals surface area contributed by atoms with E-state index in [0.29, 0.717) is 23.2 Å². The van der Waals surface area contributed by atoms with E-state index in [1.165, 1.54) is 0 Å². The number of rotatable bonds is 6. The second-order valence-electron chi connectivity index (χ2n) is 5.83. The smallest absolute Gasteiger partial charge is 0.227 e. The van der Waals surface area contributed by atoms with Crippen LogP contribution < -0.4 is 5.32 Å². The van der Waals surface area contributed by atoms with Gasteiger partial charge in [0.1, 0.15) is 0 Å². The molecule has 3 aromatic rings. The van der Waals surface area contributed by atoms with Gasteiger partial charge in [0, 0.05) is 27.9 Å². The molecule has 7 heteroatoms. The van der Waals surface area contributed by atoms with Crippen molar-refractivity contribution < 1.29 is 9.32 Å². The van der Waals surface area contributed by atoms with Gasteiger partial charge in [0.15, 0.2) is 0 Å². The monoisotopic (exact) mass is 433 g/mol. The number of carbonyl (C=O) groups excluding carboxylic acids is 1. The first kappa shape index (κ1) is 18.6. The van der Waals surface area contributed by atoms with E-state index in [0.717, 1.165) is 15.6 Å². The molecule has 0 radical (unpaired) electrons. The molecule has 0 aliphatic heterocycles. The Kier molecular flexibility index (Phi) is 6.06. The first-order valence-electron chi connectivity index (χ1n) is 8.15. The Morgan fingerprint density at radius 1 is 1.23 bits per heavy atom. The normalized spacial score (nSPS) is 12.0. The van der Waals surface area contributed by atoms with Gasteiger partial charge in [-0.25, -0.2) is 0 Å². The van der Waals surface area contributed by atoms with Crippen LogP contribution in [0.15, 0.2) is 57.5 Å². The lowest BCUT2D eigenvalue weighted by Gasteiger charge is -2.15. The Balaban J connectivity index is 1.55. The van der Waals surface area contributed by atoms with Crippen molar-refractivity contribution in [3.63, 3.8) is 0 Å². The maximum Gasteiger partial charge on any atom is 0.227 e. The molecule has 26 heavy (non-hydrogen) atoms. The third-order valence-electron chi connectivity index (χ3n) is 3.89. The van der Waals surface area contributed by atoms with Crippen LogP contribution in [0.2, 0.25) is 5.02 Å². The zero-order valence-corrected chi connectivity index (χ0v) is 16.4. The molecule has 3 rings (SSSR count). The van der Waals surface area contributed by atoms with E-state index in [1.807, 2.05) is 43.3 Å². The van der Waals surface area contributed by atoms with Gasteiger partial charge in [-0.15, -0.1) is 0 Å². The van der Waals surface area contributed by atoms with Crippen LogP contribution in [0, 0.1) is 0 Å². The number of halogens is 2. The van der Waals surface area contributed by atoms with Crippen LogP contribution >= 0.6 is 27.5 Å². The van der Waals surface area contributed by atoms with Crippen LogP contribution in [0.1, 0.15) is 30.8 Å². The van der Waals surface area contributed by atoms with Gasteiger partial charge in [-0.1, -0.05) is 50.9 Å². The number of nitrogens with zero attached hydrogens (tertiary/aromatic N) is 2. The Morgan fingerprint density at radius 3 is 2.69 bits per heavy atom. The van der Waals surface area contributed by atoms with Crippen molar-refractivity contribution in [1.82, 2.24) is 15.5 Å². The summed E-state index contributed by atoms with van der Waals surface area (Å²) < 4.78 is 6.20. The second kappa shape index (κ2) is 8.47. The lowest BCUT2D eigenvalue weighted by Crippen LogP contribution is -2.27. The molecular formula is C19H17BrClN3O2. The lowest BCUT2D eigenvalue weighted by molar-refractivity contribution is -0.121. The largest absolute Gasteiger partial charge is 0.350 e. The number of amides is 1. The number of aryl methyl sites for hydroxylation is 1. The summed E-state index contributed by atoms with van der Waals surface area (Å²) in [5.74, 6) is 0.844. The van der Waals surface area contributed by atoms with Crippen molar-refractivity contribution in [2.45, 2.75) is 25.8 Å². The molecule has 0 aliphatic rings. The molecule has 134 valence electrons. The van der Waals surface area contributed by atoms with Gasteiger partial charge in [0.25, 0.3) is 0 Å². The summed E-state index contributed by atoms with van der Waals surface area (Å²) in [7, 11) is 0. The molecule has 1 N–H and O–H groups in total. The highest BCUT2D eigenvalue weighted by Gasteiger charge is 2.14. The number of hydrogen-bond donors (Lipinski definition) is 1. The summed E-state index contributed by atoms with van der Waals surface area (Å²) in [5.41, 5.74) is 1.85. The SMILES string of the molecule is CC(NC(=O)CCc1nc(-c2ccc(Cl)cc2)no1)c1ccccc1Br. The van der Waals surface area contributed by atoms with Crippen LogP contribution in [-0.4, -0.2) is 16.0 Å². The van der Waals surface area contributed by atoms with Crippen molar-refractivity contribution >= 4 is 33.4 Å². The minimum Gasteiger partial charge on any atom is -0.350 e. The average molecular weight is 435 g/mol. The Hall–Kier alpha value is -2.18. The molecular weight excluding hydrogens is 418 g/mol. The molecule has 1 heterocycles. The molecule has 2 aromatic carbocycles. The van der Waals surface area contributed by atoms with Crippen molar-refractivity contribution in [2.75, 3.05) is 0 Å². The van der Waals surface area contributed by atoms with Gasteiger partial charge < -0.3 is 9.84 Å². The van der Waals surface area contributed by atoms with E-state index < -0.39 is 0 Å². The minimum atomic E-state index is -0.0922. The predicted octanol–water partition coefficient (Wildman–Crippen LogP) is 4.96. The van der Waals surface area contributed by atoms with E-state index in [-0.39, 0.29) is 18.4 Å². The summed E-state index contributed by atoms with van der Waals surface area (Å²) in [6, 6.07) is 14.9. The third kappa shape index (κ3) is 4.71. The van der Waals surface area contributed by atoms with E-state index in [4.69, 9.17) is 16.1 Å². The molecule has 1 amide bonds. The van der Waals surface area contributed by atoms with Gasteiger partial charge in [0.2, 0.25) is 17.6 Å². The molecule has 5 nitrogen and oxygen atoms in total. The Labute approximate surface area is 164 Å². The highest BCUT2D eigenvalue weighted by atomic mass is 79.9. The molecule has 0 aliphatic carbocycles. The lowest BCUT2D eigenvalue weighted by atomic mass is 10.1. The number of carbonyl (C=O) groups is 1. The van der Waals surface area contributed by atoms with Crippen LogP contribution in [0.25, 0.3) is 11.4 Å². The van der Waals surface area contributed by atoms with E-state index in [2.05, 4.69) is 31.4 Å². The molecule has 0 saturated heterocycles. The molecule has 0 fully saturated rings. The Bertz CT molecular complexity index is 896. The number of nitrogens with one attached hydrogen (secondary N) is 1. The average Bonchev–Trinajstić information content (AvgIpc) is 3.10. The van der Waals surface area contributed by atoms with Gasteiger partial charge in [-0.2, -0.15) is 4.98 Å². The highest BCUT2D eigenvalue weighted by Crippen LogP contribution is 2.23. The fraction of sp³-hybridized carbons (Fsp3) is 0.211. The number of benzene rings is 2. The van der Waals surface area contributed by atoms with Crippen LogP contribution in [-0.2, 0) is 11.2 Å². The summed E-state index contributed by atoms with van der Waals surface area (Å²) in [4.78, 5) is 16.5. The zero-order chi connectivity index (χ0) is 18.5. The van der Waals surface area contributed by atoms with Gasteiger partial charge in [-0.05, 0) is 42.8 Å². The predicted molar refractivity (Wildman–Crippen MR) is 104 cm³/mol. The third-order valence-corrected chi connectivity index (χ3v) is 4.86. The maximum atomic E-state index is 12.2. The topological polar surface area (TPSA) is 68.0 Å². The van der Waals surface area contributed by atoms with Crippen molar-refractivity contribution in [3.05, 3.63) is 69.5 Å².